The van der Waals surface area contributed by atoms with Crippen LogP contribution in [0.4, 0.5) is 0 Å². The van der Waals surface area contributed by atoms with Crippen LogP contribution >= 0.6 is 0 Å². The average Bonchev–Trinajstić information content (AvgIpc) is 2.26. The Morgan fingerprint density at radius 3 is 2.43 bits per heavy atom. The van der Waals surface area contributed by atoms with Crippen LogP contribution in [0.3, 0.4) is 0 Å². The lowest BCUT2D eigenvalue weighted by Crippen LogP contribution is -2.14. The molecule has 0 amide bonds. The van der Waals surface area contributed by atoms with Gasteiger partial charge in [0.2, 0.25) is 0 Å². The van der Waals surface area contributed by atoms with Crippen molar-refractivity contribution in [2.75, 3.05) is 21.3 Å². The lowest BCUT2D eigenvalue weighted by molar-refractivity contribution is 0.163. The second-order valence-corrected chi connectivity index (χ2v) is 2.95. The predicted octanol–water partition coefficient (Wildman–Crippen LogP) is 2.23. The Morgan fingerprint density at radius 2 is 2.00 bits per heavy atom. The van der Waals surface area contributed by atoms with Gasteiger partial charge in [-0.1, -0.05) is 6.08 Å². The SMILES string of the molecule is C=CC1CC=C(OC)C(OC)=C1OC. The molecular weight excluding hydrogens is 180 g/mol. The molecule has 0 aromatic heterocycles. The third-order valence-corrected chi connectivity index (χ3v) is 2.27. The molecule has 3 heteroatoms. The summed E-state index contributed by atoms with van der Waals surface area (Å²) in [6.07, 6.45) is 4.66. The van der Waals surface area contributed by atoms with Crippen LogP contribution in [0.25, 0.3) is 0 Å². The first-order valence-corrected chi connectivity index (χ1v) is 4.47. The second-order valence-electron chi connectivity index (χ2n) is 2.95. The zero-order chi connectivity index (χ0) is 10.6. The van der Waals surface area contributed by atoms with E-state index in [0.717, 1.165) is 17.9 Å². The van der Waals surface area contributed by atoms with Gasteiger partial charge in [-0.05, 0) is 12.5 Å². The molecule has 3 nitrogen and oxygen atoms in total. The van der Waals surface area contributed by atoms with E-state index in [9.17, 15) is 0 Å². The fourth-order valence-corrected chi connectivity index (χ4v) is 1.55. The predicted molar refractivity (Wildman–Crippen MR) is 54.4 cm³/mol. The first-order valence-electron chi connectivity index (χ1n) is 4.47. The molecule has 0 fully saturated rings. The molecule has 0 aromatic rings. The Balaban J connectivity index is 3.06. The topological polar surface area (TPSA) is 27.7 Å². The van der Waals surface area contributed by atoms with E-state index in [1.807, 2.05) is 12.2 Å². The highest BCUT2D eigenvalue weighted by Gasteiger charge is 2.25. The Hall–Kier alpha value is -1.38. The molecule has 0 radical (unpaired) electrons. The summed E-state index contributed by atoms with van der Waals surface area (Å²) in [6, 6.07) is 0. The van der Waals surface area contributed by atoms with Crippen LogP contribution < -0.4 is 0 Å². The molecular formula is C11H16O3. The molecule has 14 heavy (non-hydrogen) atoms. The van der Waals surface area contributed by atoms with Gasteiger partial charge in [-0.25, -0.2) is 0 Å². The van der Waals surface area contributed by atoms with Crippen LogP contribution in [-0.2, 0) is 14.2 Å². The van der Waals surface area contributed by atoms with Gasteiger partial charge in [-0.3, -0.25) is 0 Å². The van der Waals surface area contributed by atoms with Crippen LogP contribution in [0.5, 0.6) is 0 Å². The van der Waals surface area contributed by atoms with E-state index in [1.54, 1.807) is 21.3 Å². The number of hydrogen-bond acceptors (Lipinski definition) is 3. The normalized spacial score (nSPS) is 21.4. The van der Waals surface area contributed by atoms with E-state index >= 15 is 0 Å². The number of ether oxygens (including phenoxy) is 3. The van der Waals surface area contributed by atoms with Gasteiger partial charge in [-0.15, -0.1) is 6.58 Å². The van der Waals surface area contributed by atoms with Crippen LogP contribution in [-0.4, -0.2) is 21.3 Å². The van der Waals surface area contributed by atoms with E-state index in [4.69, 9.17) is 14.2 Å². The maximum Gasteiger partial charge on any atom is 0.199 e. The molecule has 1 aliphatic carbocycles. The highest BCUT2D eigenvalue weighted by molar-refractivity contribution is 5.31. The molecule has 78 valence electrons. The largest absolute Gasteiger partial charge is 0.496 e. The first kappa shape index (κ1) is 10.7. The minimum atomic E-state index is 0.175. The third kappa shape index (κ3) is 1.76. The smallest absolute Gasteiger partial charge is 0.199 e. The van der Waals surface area contributed by atoms with Crippen LogP contribution in [0.15, 0.2) is 36.0 Å². The van der Waals surface area contributed by atoms with Gasteiger partial charge in [0.25, 0.3) is 0 Å². The molecule has 0 spiro atoms. The van der Waals surface area contributed by atoms with Gasteiger partial charge in [0.05, 0.1) is 21.3 Å². The van der Waals surface area contributed by atoms with Crippen molar-refractivity contribution in [1.29, 1.82) is 0 Å². The Labute approximate surface area is 84.7 Å². The summed E-state index contributed by atoms with van der Waals surface area (Å²) < 4.78 is 15.7. The van der Waals surface area contributed by atoms with Crippen molar-refractivity contribution in [3.05, 3.63) is 36.0 Å². The highest BCUT2D eigenvalue weighted by Crippen LogP contribution is 2.31. The highest BCUT2D eigenvalue weighted by atomic mass is 16.5. The quantitative estimate of drug-likeness (QED) is 0.645. The molecule has 0 bridgehead atoms. The standard InChI is InChI=1S/C11H16O3/c1-5-8-6-7-9(12-2)11(14-4)10(8)13-3/h5,7-8H,1,6H2,2-4H3. The minimum Gasteiger partial charge on any atom is -0.496 e. The van der Waals surface area contributed by atoms with Crippen molar-refractivity contribution in [2.24, 2.45) is 5.92 Å². The van der Waals surface area contributed by atoms with E-state index in [1.165, 1.54) is 0 Å². The van der Waals surface area contributed by atoms with Gasteiger partial charge >= 0.3 is 0 Å². The van der Waals surface area contributed by atoms with Gasteiger partial charge < -0.3 is 14.2 Å². The maximum absolute atomic E-state index is 5.29. The Bertz CT molecular complexity index is 276. The van der Waals surface area contributed by atoms with Crippen LogP contribution in [0, 0.1) is 5.92 Å². The van der Waals surface area contributed by atoms with Crippen molar-refractivity contribution in [1.82, 2.24) is 0 Å². The summed E-state index contributed by atoms with van der Waals surface area (Å²) in [4.78, 5) is 0. The molecule has 1 rings (SSSR count). The number of hydrogen-bond donors (Lipinski definition) is 0. The zero-order valence-corrected chi connectivity index (χ0v) is 8.87. The fraction of sp³-hybridized carbons (Fsp3) is 0.455. The number of allylic oxidation sites excluding steroid dienone is 2. The van der Waals surface area contributed by atoms with E-state index in [2.05, 4.69) is 6.58 Å². The summed E-state index contributed by atoms with van der Waals surface area (Å²) >= 11 is 0. The Morgan fingerprint density at radius 1 is 1.29 bits per heavy atom. The summed E-state index contributed by atoms with van der Waals surface area (Å²) in [5, 5.41) is 0. The minimum absolute atomic E-state index is 0.175. The summed E-state index contributed by atoms with van der Waals surface area (Å²) in [5.41, 5.74) is 0. The van der Waals surface area contributed by atoms with Crippen molar-refractivity contribution in [3.63, 3.8) is 0 Å². The Kier molecular flexibility index (Phi) is 3.63. The van der Waals surface area contributed by atoms with Crippen molar-refractivity contribution in [2.45, 2.75) is 6.42 Å². The zero-order valence-electron chi connectivity index (χ0n) is 8.87. The number of rotatable bonds is 4. The van der Waals surface area contributed by atoms with Crippen molar-refractivity contribution in [3.8, 4) is 0 Å². The van der Waals surface area contributed by atoms with Crippen molar-refractivity contribution < 1.29 is 14.2 Å². The molecule has 0 heterocycles. The van der Waals surface area contributed by atoms with Crippen LogP contribution in [0.1, 0.15) is 6.42 Å². The van der Waals surface area contributed by atoms with E-state index < -0.39 is 0 Å². The van der Waals surface area contributed by atoms with Gasteiger partial charge in [-0.2, -0.15) is 0 Å². The summed E-state index contributed by atoms with van der Waals surface area (Å²) in [7, 11) is 4.85. The molecule has 0 aromatic carbocycles. The summed E-state index contributed by atoms with van der Waals surface area (Å²) in [5.74, 6) is 2.34. The molecule has 0 saturated heterocycles. The second kappa shape index (κ2) is 4.74. The first-order chi connectivity index (χ1) is 6.78. The van der Waals surface area contributed by atoms with Crippen molar-refractivity contribution >= 4 is 0 Å². The van der Waals surface area contributed by atoms with Gasteiger partial charge in [0.15, 0.2) is 11.5 Å². The maximum atomic E-state index is 5.29. The molecule has 0 saturated carbocycles. The lowest BCUT2D eigenvalue weighted by atomic mass is 9.96. The van der Waals surface area contributed by atoms with Crippen LogP contribution in [0.2, 0.25) is 0 Å². The fourth-order valence-electron chi connectivity index (χ4n) is 1.55. The third-order valence-electron chi connectivity index (χ3n) is 2.27. The lowest BCUT2D eigenvalue weighted by Gasteiger charge is -2.23. The average molecular weight is 196 g/mol. The monoisotopic (exact) mass is 196 g/mol. The van der Waals surface area contributed by atoms with E-state index in [-0.39, 0.29) is 5.92 Å². The molecule has 0 aliphatic heterocycles. The van der Waals surface area contributed by atoms with Gasteiger partial charge in [0.1, 0.15) is 5.76 Å². The summed E-state index contributed by atoms with van der Waals surface area (Å²) in [6.45, 7) is 3.76. The van der Waals surface area contributed by atoms with Gasteiger partial charge in [0, 0.05) is 5.92 Å². The van der Waals surface area contributed by atoms with E-state index in [0.29, 0.717) is 5.76 Å². The molecule has 1 aliphatic rings. The molecule has 0 N–H and O–H groups in total. The molecule has 1 atom stereocenters. The molecule has 1 unspecified atom stereocenters. The number of methoxy groups -OCH3 is 3.